The minimum atomic E-state index is -0.839. The maximum Gasteiger partial charge on any atom is 0.234 e. The highest BCUT2D eigenvalue weighted by atomic mass is 16.5. The molecule has 2 aromatic carbocycles. The van der Waals surface area contributed by atoms with E-state index in [9.17, 15) is 34.7 Å². The molecule has 3 aliphatic heterocycles. The van der Waals surface area contributed by atoms with E-state index in [4.69, 9.17) is 9.72 Å². The minimum absolute atomic E-state index is 0.00939. The molecule has 8 rings (SSSR count). The number of aliphatic hydroxyl groups is 2. The molecule has 2 saturated heterocycles. The molecule has 4 fully saturated rings. The number of piperazine rings is 2. The second-order valence-electron chi connectivity index (χ2n) is 24.8. The van der Waals surface area contributed by atoms with Gasteiger partial charge in [0.25, 0.3) is 0 Å². The van der Waals surface area contributed by atoms with Crippen LogP contribution in [0.4, 0.5) is 5.82 Å². The molecule has 5 aliphatic rings. The molecule has 3 aromatic rings. The summed E-state index contributed by atoms with van der Waals surface area (Å²) in [5.41, 5.74) is 5.19. The van der Waals surface area contributed by atoms with Crippen LogP contribution >= 0.6 is 0 Å². The number of carbonyl (C=O) groups excluding carboxylic acids is 4. The monoisotopic (exact) mass is 1050 g/mol. The number of pyridine rings is 1. The van der Waals surface area contributed by atoms with Crippen LogP contribution in [0.1, 0.15) is 127 Å². The zero-order valence-corrected chi connectivity index (χ0v) is 47.1. The number of benzene rings is 2. The van der Waals surface area contributed by atoms with E-state index in [-0.39, 0.29) is 84.3 Å². The standard InChI is InChI=1S/C61H83N9O7/c1-38-29-47(17-15-43(38)33-62)77-58-60(7,8)52(61(58,9)10)32-51(73)44-16-18-53(64-34-44)70-28-27-69(45(35-70)37-71)26-25-67-21-23-68(24-22-67)36-54(74)66-56(59(4,5)6)55(75)49-30-46(72)31-50(49)57(76)65-39(2)41-11-13-42(14-12-41)48-19-20-63-40(48)3/h11-18,20,29,34,39,45-46,49-50,52,56,58,71-72H,19,21-28,30-32,35-37H2,1-10H3,(H,65,76)(H,66,74)/t39-,45-,46-,49?,50?,52?,56?,58?/m0/s1. The van der Waals surface area contributed by atoms with E-state index < -0.39 is 29.4 Å². The summed E-state index contributed by atoms with van der Waals surface area (Å²) < 4.78 is 6.52. The molecule has 1 aromatic heterocycles. The fourth-order valence-corrected chi connectivity index (χ4v) is 13.2. The molecule has 4 heterocycles. The highest BCUT2D eigenvalue weighted by molar-refractivity contribution is 5.97. The Bertz CT molecular complexity index is 2720. The first kappa shape index (κ1) is 57.3. The normalized spacial score (nSPS) is 25.4. The van der Waals surface area contributed by atoms with Crippen LogP contribution in [0.3, 0.4) is 0 Å². The number of aryl methyl sites for hydroxylation is 1. The van der Waals surface area contributed by atoms with Gasteiger partial charge >= 0.3 is 0 Å². The summed E-state index contributed by atoms with van der Waals surface area (Å²) in [6.07, 6.45) is 4.24. The van der Waals surface area contributed by atoms with Crippen LogP contribution in [0.25, 0.3) is 5.57 Å². The molecule has 414 valence electrons. The van der Waals surface area contributed by atoms with Crippen molar-refractivity contribution in [1.82, 2.24) is 30.3 Å². The number of nitriles is 1. The zero-order chi connectivity index (χ0) is 55.6. The second kappa shape index (κ2) is 23.6. The molecule has 2 saturated carbocycles. The lowest BCUT2D eigenvalue weighted by atomic mass is 9.44. The van der Waals surface area contributed by atoms with E-state index in [0.29, 0.717) is 37.2 Å². The number of hydrogen-bond acceptors (Lipinski definition) is 14. The van der Waals surface area contributed by atoms with Crippen molar-refractivity contribution in [3.8, 4) is 11.8 Å². The van der Waals surface area contributed by atoms with Gasteiger partial charge in [0.05, 0.1) is 54.9 Å². The Labute approximate surface area is 456 Å². The van der Waals surface area contributed by atoms with Crippen LogP contribution < -0.4 is 20.3 Å². The van der Waals surface area contributed by atoms with Crippen molar-refractivity contribution in [2.24, 2.45) is 39.0 Å². The van der Waals surface area contributed by atoms with Crippen LogP contribution in [0.2, 0.25) is 0 Å². The van der Waals surface area contributed by atoms with Gasteiger partial charge in [0.15, 0.2) is 11.6 Å². The maximum absolute atomic E-state index is 14.4. The Morgan fingerprint density at radius 1 is 0.883 bits per heavy atom. The lowest BCUT2D eigenvalue weighted by molar-refractivity contribution is -0.196. The van der Waals surface area contributed by atoms with E-state index >= 15 is 0 Å². The average molecular weight is 1050 g/mol. The second-order valence-corrected chi connectivity index (χ2v) is 24.8. The molecule has 0 radical (unpaired) electrons. The number of Topliss-reactive ketones (excluding diaryl/α,β-unsaturated/α-hetero) is 2. The smallest absolute Gasteiger partial charge is 0.234 e. The number of aliphatic hydroxyl groups excluding tert-OH is 2. The number of aromatic nitrogens is 1. The number of aliphatic imine (C=N–C) groups is 1. The van der Waals surface area contributed by atoms with Crippen LogP contribution in [0, 0.1) is 52.3 Å². The van der Waals surface area contributed by atoms with Gasteiger partial charge in [-0.2, -0.15) is 5.26 Å². The number of carbonyl (C=O) groups is 4. The van der Waals surface area contributed by atoms with Crippen molar-refractivity contribution in [2.45, 2.75) is 125 Å². The maximum atomic E-state index is 14.4. The Morgan fingerprint density at radius 2 is 1.57 bits per heavy atom. The summed E-state index contributed by atoms with van der Waals surface area (Å²) in [5.74, 6) is -0.516. The number of hydrogen-bond donors (Lipinski definition) is 4. The van der Waals surface area contributed by atoms with Crippen molar-refractivity contribution in [3.63, 3.8) is 0 Å². The molecule has 2 aliphatic carbocycles. The van der Waals surface area contributed by atoms with E-state index in [0.717, 1.165) is 79.6 Å². The Morgan fingerprint density at radius 3 is 2.18 bits per heavy atom. The van der Waals surface area contributed by atoms with Gasteiger partial charge in [0, 0.05) is 112 Å². The number of ether oxygens (including phenoxy) is 1. The molecule has 6 atom stereocenters. The molecule has 0 spiro atoms. The topological polar surface area (TPSA) is 204 Å². The average Bonchev–Trinajstić information content (AvgIpc) is 4.09. The van der Waals surface area contributed by atoms with Crippen molar-refractivity contribution >= 4 is 41.0 Å². The van der Waals surface area contributed by atoms with Gasteiger partial charge in [-0.05, 0) is 97.5 Å². The number of anilines is 1. The first-order chi connectivity index (χ1) is 36.5. The van der Waals surface area contributed by atoms with Gasteiger partial charge < -0.3 is 30.5 Å². The Kier molecular flexibility index (Phi) is 17.6. The van der Waals surface area contributed by atoms with Gasteiger partial charge in [-0.15, -0.1) is 0 Å². The fourth-order valence-electron chi connectivity index (χ4n) is 13.2. The third-order valence-corrected chi connectivity index (χ3v) is 17.7. The highest BCUT2D eigenvalue weighted by Crippen LogP contribution is 2.62. The summed E-state index contributed by atoms with van der Waals surface area (Å²) in [4.78, 5) is 73.8. The molecule has 3 unspecified atom stereocenters. The largest absolute Gasteiger partial charge is 0.489 e. The van der Waals surface area contributed by atoms with E-state index in [1.165, 1.54) is 5.57 Å². The number of nitrogens with one attached hydrogen (secondary N) is 2. The Hall–Kier alpha value is -5.83. The summed E-state index contributed by atoms with van der Waals surface area (Å²) >= 11 is 0. The molecular formula is C61H83N9O7. The lowest BCUT2D eigenvalue weighted by Crippen LogP contribution is -2.66. The molecule has 16 heteroatoms. The third kappa shape index (κ3) is 12.9. The molecule has 16 nitrogen and oxygen atoms in total. The van der Waals surface area contributed by atoms with E-state index in [2.05, 4.69) is 69.0 Å². The fraction of sp³-hybridized carbons (Fsp3) is 0.590. The van der Waals surface area contributed by atoms with Crippen molar-refractivity contribution in [3.05, 3.63) is 94.3 Å². The quantitative estimate of drug-likeness (QED) is 0.0933. The molecule has 77 heavy (non-hydrogen) atoms. The van der Waals surface area contributed by atoms with Crippen LogP contribution in [0.15, 0.2) is 71.5 Å². The third-order valence-electron chi connectivity index (χ3n) is 17.7. The highest BCUT2D eigenvalue weighted by Gasteiger charge is 2.63. The van der Waals surface area contributed by atoms with Gasteiger partial charge in [-0.3, -0.25) is 38.9 Å². The Balaban J connectivity index is 0.764. The molecular weight excluding hydrogens is 971 g/mol. The predicted molar refractivity (Wildman–Crippen MR) is 299 cm³/mol. The van der Waals surface area contributed by atoms with Gasteiger partial charge in [0.1, 0.15) is 17.7 Å². The molecule has 0 bridgehead atoms. The van der Waals surface area contributed by atoms with Crippen molar-refractivity contribution in [1.29, 1.82) is 5.26 Å². The summed E-state index contributed by atoms with van der Waals surface area (Å²) in [6.45, 7) is 27.1. The summed E-state index contributed by atoms with van der Waals surface area (Å²) in [5, 5.41) is 36.9. The number of allylic oxidation sites excluding steroid dienone is 2. The van der Waals surface area contributed by atoms with E-state index in [1.54, 1.807) is 12.3 Å². The van der Waals surface area contributed by atoms with Crippen LogP contribution in [-0.2, 0) is 14.4 Å². The summed E-state index contributed by atoms with van der Waals surface area (Å²) in [7, 11) is 0. The minimum Gasteiger partial charge on any atom is -0.489 e. The SMILES string of the molecule is CC1=C(c2ccc([C@H](C)NC(=O)C3C[C@@H](O)CC3C(=O)C(NC(=O)CN3CCN(CCN4CCN(c5ccc(C(=O)CC6C(C)(C)C(Oc7ccc(C#N)c(C)c7)C6(C)C)cn5)C[C@H]4CO)CC3)C(C)(C)C)cc2)CC=N1. The first-order valence-corrected chi connectivity index (χ1v) is 27.8. The molecule has 2 amide bonds. The van der Waals surface area contributed by atoms with Crippen molar-refractivity contribution in [2.75, 3.05) is 77.0 Å². The van der Waals surface area contributed by atoms with Crippen LogP contribution in [0.5, 0.6) is 5.75 Å². The van der Waals surface area contributed by atoms with Gasteiger partial charge in [-0.1, -0.05) is 72.7 Å². The van der Waals surface area contributed by atoms with E-state index in [1.807, 2.05) is 96.3 Å². The number of nitrogens with zero attached hydrogens (tertiary/aromatic N) is 7. The molecule has 4 N–H and O–H groups in total. The number of ketones is 2. The first-order valence-electron chi connectivity index (χ1n) is 27.8. The number of amides is 2. The van der Waals surface area contributed by atoms with Crippen molar-refractivity contribution < 1.29 is 34.1 Å². The van der Waals surface area contributed by atoms with Gasteiger partial charge in [-0.25, -0.2) is 4.98 Å². The predicted octanol–water partition coefficient (Wildman–Crippen LogP) is 6.63. The van der Waals surface area contributed by atoms with Gasteiger partial charge in [0.2, 0.25) is 11.8 Å². The number of rotatable bonds is 19. The lowest BCUT2D eigenvalue weighted by Gasteiger charge is -2.63. The summed E-state index contributed by atoms with van der Waals surface area (Å²) in [6, 6.07) is 18.4. The van der Waals surface area contributed by atoms with Crippen LogP contribution in [-0.4, -0.2) is 156 Å². The zero-order valence-electron chi connectivity index (χ0n) is 47.1.